The Morgan fingerprint density at radius 2 is 1.95 bits per heavy atom. The Hall–Kier alpha value is -4.29. The number of methoxy groups -OCH3 is 1. The first-order valence-electron chi connectivity index (χ1n) is 12.9. The van der Waals surface area contributed by atoms with Crippen LogP contribution in [0.15, 0.2) is 30.6 Å². The second kappa shape index (κ2) is 12.5. The number of fused-ring (bicyclic) bond motifs is 4. The van der Waals surface area contributed by atoms with Crippen LogP contribution in [0.3, 0.4) is 0 Å². The highest BCUT2D eigenvalue weighted by molar-refractivity contribution is 5.91. The number of imidazole rings is 1. The summed E-state index contributed by atoms with van der Waals surface area (Å²) in [6, 6.07) is 4.63. The highest BCUT2D eigenvalue weighted by atomic mass is 16.6. The van der Waals surface area contributed by atoms with Gasteiger partial charge in [-0.15, -0.1) is 0 Å². The summed E-state index contributed by atoms with van der Waals surface area (Å²) in [4.78, 5) is 58.1. The quantitative estimate of drug-likeness (QED) is 0.568. The van der Waals surface area contributed by atoms with Crippen molar-refractivity contribution < 1.29 is 33.4 Å². The van der Waals surface area contributed by atoms with Crippen LogP contribution < -0.4 is 20.1 Å². The molecule has 1 atom stereocenters. The minimum Gasteiger partial charge on any atom is -0.493 e. The largest absolute Gasteiger partial charge is 0.493 e. The lowest BCUT2D eigenvalue weighted by Gasteiger charge is -2.26. The van der Waals surface area contributed by atoms with Crippen LogP contribution >= 0.6 is 0 Å². The SMILES string of the molecule is COc1ccc2cc1OCCN(C(=O)CN1CCOC1=O)CC(=O)N[C@H](C(C)C)C(=O)NCCn1ccnc1-2. The molecule has 39 heavy (non-hydrogen) atoms. The van der Waals surface area contributed by atoms with Gasteiger partial charge in [0.05, 0.1) is 26.7 Å². The third kappa shape index (κ3) is 6.78. The number of nitrogens with zero attached hydrogens (tertiary/aromatic N) is 4. The molecule has 2 aromatic rings. The molecule has 0 spiro atoms. The fraction of sp³-hybridized carbons (Fsp3) is 0.500. The molecule has 2 aliphatic heterocycles. The number of aromatic nitrogens is 2. The average molecular weight is 543 g/mol. The predicted octanol–water partition coefficient (Wildman–Crippen LogP) is 0.489. The summed E-state index contributed by atoms with van der Waals surface area (Å²) < 4.78 is 18.3. The number of hydrogen-bond acceptors (Lipinski definition) is 8. The van der Waals surface area contributed by atoms with Crippen LogP contribution in [0, 0.1) is 5.92 Å². The molecular weight excluding hydrogens is 508 g/mol. The standard InChI is InChI=1S/C26H34N6O7/c1-17(2)23-25(35)28-7-9-30-8-6-27-24(30)18-4-5-19(37-3)20(14-18)38-12-10-31(15-21(33)29-23)22(34)16-32-11-13-39-26(32)36/h4-6,8,14,17,23H,7,9-13,15-16H2,1-3H3,(H,28,35)(H,29,33)/t23-/m1/s1. The number of rotatable bonds is 4. The maximum atomic E-state index is 13.1. The van der Waals surface area contributed by atoms with E-state index >= 15 is 0 Å². The summed E-state index contributed by atoms with van der Waals surface area (Å²) in [6.45, 7) is 4.48. The summed E-state index contributed by atoms with van der Waals surface area (Å²) >= 11 is 0. The lowest BCUT2D eigenvalue weighted by Crippen LogP contribution is -2.53. The van der Waals surface area contributed by atoms with Crippen LogP contribution in [0.5, 0.6) is 11.5 Å². The summed E-state index contributed by atoms with van der Waals surface area (Å²) in [7, 11) is 1.53. The van der Waals surface area contributed by atoms with E-state index in [0.29, 0.717) is 30.4 Å². The number of amides is 4. The van der Waals surface area contributed by atoms with Gasteiger partial charge in [0.1, 0.15) is 31.6 Å². The normalized spacial score (nSPS) is 19.0. The van der Waals surface area contributed by atoms with Crippen molar-refractivity contribution in [1.29, 1.82) is 0 Å². The molecule has 210 valence electrons. The van der Waals surface area contributed by atoms with Gasteiger partial charge < -0.3 is 34.3 Å². The second-order valence-electron chi connectivity index (χ2n) is 9.59. The van der Waals surface area contributed by atoms with E-state index < -0.39 is 23.9 Å². The smallest absolute Gasteiger partial charge is 0.410 e. The molecule has 0 saturated carbocycles. The molecule has 0 unspecified atom stereocenters. The van der Waals surface area contributed by atoms with Gasteiger partial charge in [-0.05, 0) is 24.1 Å². The van der Waals surface area contributed by atoms with Gasteiger partial charge in [0.15, 0.2) is 11.5 Å². The molecule has 4 rings (SSSR count). The molecule has 13 heteroatoms. The summed E-state index contributed by atoms with van der Waals surface area (Å²) in [5.41, 5.74) is 0.781. The van der Waals surface area contributed by atoms with Crippen molar-refractivity contribution in [3.63, 3.8) is 0 Å². The highest BCUT2D eigenvalue weighted by Gasteiger charge is 2.29. The third-order valence-electron chi connectivity index (χ3n) is 6.53. The van der Waals surface area contributed by atoms with Crippen LogP contribution in [-0.2, 0) is 25.7 Å². The van der Waals surface area contributed by atoms with Crippen molar-refractivity contribution >= 4 is 23.8 Å². The summed E-state index contributed by atoms with van der Waals surface area (Å²) in [5, 5.41) is 5.64. The molecule has 13 nitrogen and oxygen atoms in total. The molecule has 0 radical (unpaired) electrons. The van der Waals surface area contributed by atoms with E-state index in [0.717, 1.165) is 5.56 Å². The Labute approximate surface area is 226 Å². The Bertz CT molecular complexity index is 1210. The molecule has 1 saturated heterocycles. The van der Waals surface area contributed by atoms with Gasteiger partial charge in [-0.3, -0.25) is 19.3 Å². The minimum absolute atomic E-state index is 0.0474. The van der Waals surface area contributed by atoms with Crippen LogP contribution in [0.2, 0.25) is 0 Å². The number of benzene rings is 1. The van der Waals surface area contributed by atoms with Crippen molar-refractivity contribution in [3.8, 4) is 22.9 Å². The number of nitrogens with one attached hydrogen (secondary N) is 2. The van der Waals surface area contributed by atoms with Crippen molar-refractivity contribution in [2.45, 2.75) is 26.4 Å². The number of carbonyl (C=O) groups excluding carboxylic acids is 4. The zero-order chi connectivity index (χ0) is 27.9. The first-order chi connectivity index (χ1) is 18.8. The fourth-order valence-electron chi connectivity index (χ4n) is 4.41. The van der Waals surface area contributed by atoms with Crippen LogP contribution in [-0.4, -0.2) is 102 Å². The summed E-state index contributed by atoms with van der Waals surface area (Å²) in [5.74, 6) is 0.168. The van der Waals surface area contributed by atoms with Crippen molar-refractivity contribution in [1.82, 2.24) is 30.0 Å². The molecule has 2 bridgehead atoms. The Morgan fingerprint density at radius 3 is 2.67 bits per heavy atom. The fourth-order valence-corrected chi connectivity index (χ4v) is 4.41. The molecule has 3 heterocycles. The monoisotopic (exact) mass is 542 g/mol. The van der Waals surface area contributed by atoms with Crippen LogP contribution in [0.25, 0.3) is 11.4 Å². The minimum atomic E-state index is -0.795. The zero-order valence-corrected chi connectivity index (χ0v) is 22.3. The van der Waals surface area contributed by atoms with Crippen LogP contribution in [0.1, 0.15) is 13.8 Å². The van der Waals surface area contributed by atoms with E-state index in [-0.39, 0.29) is 51.2 Å². The van der Waals surface area contributed by atoms with E-state index in [1.54, 1.807) is 18.3 Å². The average Bonchev–Trinajstić information content (AvgIpc) is 3.54. The lowest BCUT2D eigenvalue weighted by atomic mass is 10.0. The zero-order valence-electron chi connectivity index (χ0n) is 22.3. The van der Waals surface area contributed by atoms with E-state index in [4.69, 9.17) is 14.2 Å². The molecular formula is C26H34N6O7. The van der Waals surface area contributed by atoms with E-state index in [2.05, 4.69) is 15.6 Å². The lowest BCUT2D eigenvalue weighted by molar-refractivity contribution is -0.137. The van der Waals surface area contributed by atoms with Crippen molar-refractivity contribution in [3.05, 3.63) is 30.6 Å². The highest BCUT2D eigenvalue weighted by Crippen LogP contribution is 2.32. The van der Waals surface area contributed by atoms with Gasteiger partial charge in [-0.1, -0.05) is 13.8 Å². The molecule has 0 aliphatic carbocycles. The van der Waals surface area contributed by atoms with Gasteiger partial charge in [-0.2, -0.15) is 0 Å². The van der Waals surface area contributed by atoms with E-state index in [1.807, 2.05) is 30.7 Å². The number of ether oxygens (including phenoxy) is 3. The Morgan fingerprint density at radius 1 is 1.15 bits per heavy atom. The first kappa shape index (κ1) is 27.7. The van der Waals surface area contributed by atoms with Crippen LogP contribution in [0.4, 0.5) is 4.79 Å². The van der Waals surface area contributed by atoms with Gasteiger partial charge in [0.2, 0.25) is 17.7 Å². The van der Waals surface area contributed by atoms with E-state index in [9.17, 15) is 19.2 Å². The second-order valence-corrected chi connectivity index (χ2v) is 9.59. The molecule has 1 aromatic heterocycles. The maximum absolute atomic E-state index is 13.1. The number of cyclic esters (lactones) is 1. The molecule has 4 amide bonds. The third-order valence-corrected chi connectivity index (χ3v) is 6.53. The predicted molar refractivity (Wildman–Crippen MR) is 139 cm³/mol. The topological polar surface area (TPSA) is 144 Å². The Balaban J connectivity index is 1.61. The van der Waals surface area contributed by atoms with E-state index in [1.165, 1.54) is 16.9 Å². The first-order valence-corrected chi connectivity index (χ1v) is 12.9. The van der Waals surface area contributed by atoms with Gasteiger partial charge in [-0.25, -0.2) is 9.78 Å². The van der Waals surface area contributed by atoms with Gasteiger partial charge in [0.25, 0.3) is 0 Å². The van der Waals surface area contributed by atoms with Gasteiger partial charge >= 0.3 is 6.09 Å². The maximum Gasteiger partial charge on any atom is 0.410 e. The molecule has 2 aliphatic rings. The molecule has 1 aromatic carbocycles. The number of carbonyl (C=O) groups is 4. The van der Waals surface area contributed by atoms with Gasteiger partial charge in [0, 0.05) is 31.0 Å². The molecule has 2 N–H and O–H groups in total. The van der Waals surface area contributed by atoms with Crippen molar-refractivity contribution in [2.75, 3.05) is 53.0 Å². The number of hydrogen-bond donors (Lipinski definition) is 2. The Kier molecular flexibility index (Phi) is 8.89. The van der Waals surface area contributed by atoms with Crippen molar-refractivity contribution in [2.24, 2.45) is 5.92 Å². The summed E-state index contributed by atoms with van der Waals surface area (Å²) in [6.07, 6.45) is 2.92. The molecule has 1 fully saturated rings.